The minimum Gasteiger partial charge on any atom is -0.493 e. The van der Waals surface area contributed by atoms with Crippen LogP contribution in [0.25, 0.3) is 0 Å². The Morgan fingerprint density at radius 3 is 3.04 bits per heavy atom. The first-order valence-corrected chi connectivity index (χ1v) is 9.24. The van der Waals surface area contributed by atoms with Gasteiger partial charge in [0.1, 0.15) is 5.75 Å². The number of para-hydroxylation sites is 1. The number of aliphatic imine (C=N–C) groups is 1. The Balaban J connectivity index is 1.53. The maximum absolute atomic E-state index is 6.12. The molecule has 2 aliphatic rings. The molecular weight excluding hydrogens is 316 g/mol. The summed E-state index contributed by atoms with van der Waals surface area (Å²) in [5.41, 5.74) is 7.27. The number of fused-ring (bicyclic) bond motifs is 1. The zero-order valence-corrected chi connectivity index (χ0v) is 15.3. The largest absolute Gasteiger partial charge is 0.493 e. The Morgan fingerprint density at radius 2 is 2.20 bits per heavy atom. The molecule has 0 aliphatic carbocycles. The Hall–Kier alpha value is -1.79. The summed E-state index contributed by atoms with van der Waals surface area (Å²) < 4.78 is 11.5. The van der Waals surface area contributed by atoms with E-state index in [1.165, 1.54) is 0 Å². The number of hydrogen-bond acceptors (Lipinski definition) is 4. The van der Waals surface area contributed by atoms with E-state index in [1.54, 1.807) is 0 Å². The Bertz CT molecular complexity index is 591. The molecule has 6 heteroatoms. The number of ether oxygens (including phenoxy) is 2. The number of nitrogens with one attached hydrogen (secondary N) is 1. The Morgan fingerprint density at radius 1 is 1.36 bits per heavy atom. The molecule has 25 heavy (non-hydrogen) atoms. The molecule has 2 atom stereocenters. The molecule has 138 valence electrons. The molecule has 0 spiro atoms. The van der Waals surface area contributed by atoms with Gasteiger partial charge in [-0.3, -0.25) is 9.89 Å². The van der Waals surface area contributed by atoms with E-state index < -0.39 is 0 Å². The van der Waals surface area contributed by atoms with Crippen LogP contribution in [0.4, 0.5) is 0 Å². The highest BCUT2D eigenvalue weighted by Gasteiger charge is 2.23. The number of benzene rings is 1. The fourth-order valence-electron chi connectivity index (χ4n) is 3.49. The number of nitrogens with two attached hydrogens (primary N) is 1. The topological polar surface area (TPSA) is 72.1 Å². The maximum atomic E-state index is 6.12. The van der Waals surface area contributed by atoms with E-state index in [1.807, 2.05) is 18.2 Å². The lowest BCUT2D eigenvalue weighted by atomic mass is 10.0. The van der Waals surface area contributed by atoms with Crippen LogP contribution >= 0.6 is 0 Å². The number of guanidine groups is 1. The fraction of sp³-hybridized carbons (Fsp3) is 0.632. The monoisotopic (exact) mass is 346 g/mol. The minimum absolute atomic E-state index is 0.120. The van der Waals surface area contributed by atoms with E-state index in [0.29, 0.717) is 25.0 Å². The summed E-state index contributed by atoms with van der Waals surface area (Å²) in [7, 11) is 0. The zero-order chi connectivity index (χ0) is 17.6. The average Bonchev–Trinajstić information content (AvgIpc) is 2.60. The number of morpholine rings is 1. The standard InChI is InChI=1S/C19H30N4O2/c1-14(2)12-23-8-10-24-15(13-23)11-21-19(20)22-17-7-9-25-18-6-4-3-5-16(17)18/h3-6,14-15,17H,7-13H2,1-2H3,(H3,20,21,22). The average molecular weight is 346 g/mol. The van der Waals surface area contributed by atoms with Crippen LogP contribution in [0.1, 0.15) is 31.9 Å². The molecule has 1 fully saturated rings. The van der Waals surface area contributed by atoms with E-state index in [9.17, 15) is 0 Å². The summed E-state index contributed by atoms with van der Waals surface area (Å²) in [6.45, 7) is 9.59. The van der Waals surface area contributed by atoms with Crippen molar-refractivity contribution in [3.63, 3.8) is 0 Å². The maximum Gasteiger partial charge on any atom is 0.189 e. The summed E-state index contributed by atoms with van der Waals surface area (Å²) in [4.78, 5) is 6.97. The second-order valence-corrected chi connectivity index (χ2v) is 7.24. The van der Waals surface area contributed by atoms with Crippen LogP contribution in [0.2, 0.25) is 0 Å². The van der Waals surface area contributed by atoms with E-state index >= 15 is 0 Å². The lowest BCUT2D eigenvalue weighted by Crippen LogP contribution is -2.45. The predicted octanol–water partition coefficient (Wildman–Crippen LogP) is 1.77. The molecule has 3 N–H and O–H groups in total. The van der Waals surface area contributed by atoms with Crippen molar-refractivity contribution in [2.24, 2.45) is 16.6 Å². The van der Waals surface area contributed by atoms with Crippen LogP contribution < -0.4 is 15.8 Å². The third-order valence-corrected chi connectivity index (χ3v) is 4.59. The van der Waals surface area contributed by atoms with Crippen molar-refractivity contribution in [3.8, 4) is 5.75 Å². The van der Waals surface area contributed by atoms with Gasteiger partial charge in [-0.25, -0.2) is 0 Å². The van der Waals surface area contributed by atoms with Crippen molar-refractivity contribution >= 4 is 5.96 Å². The molecule has 3 rings (SSSR count). The molecule has 0 bridgehead atoms. The molecule has 0 amide bonds. The van der Waals surface area contributed by atoms with E-state index in [0.717, 1.165) is 44.0 Å². The SMILES string of the molecule is CC(C)CN1CCOC(CN=C(N)NC2CCOc3ccccc32)C1. The van der Waals surface area contributed by atoms with Crippen molar-refractivity contribution in [2.75, 3.05) is 39.4 Å². The molecule has 6 nitrogen and oxygen atoms in total. The summed E-state index contributed by atoms with van der Waals surface area (Å²) >= 11 is 0. The van der Waals surface area contributed by atoms with Gasteiger partial charge in [0, 0.05) is 31.6 Å². The van der Waals surface area contributed by atoms with Crippen LogP contribution in [-0.4, -0.2) is 56.4 Å². The van der Waals surface area contributed by atoms with Gasteiger partial charge in [0.2, 0.25) is 0 Å². The van der Waals surface area contributed by atoms with Crippen molar-refractivity contribution in [1.82, 2.24) is 10.2 Å². The van der Waals surface area contributed by atoms with Gasteiger partial charge in [-0.1, -0.05) is 32.0 Å². The van der Waals surface area contributed by atoms with Gasteiger partial charge in [0.25, 0.3) is 0 Å². The van der Waals surface area contributed by atoms with Crippen molar-refractivity contribution in [1.29, 1.82) is 0 Å². The molecule has 1 saturated heterocycles. The first kappa shape index (κ1) is 18.0. The lowest BCUT2D eigenvalue weighted by molar-refractivity contribution is -0.0261. The van der Waals surface area contributed by atoms with Gasteiger partial charge in [0.05, 0.1) is 31.9 Å². The van der Waals surface area contributed by atoms with Gasteiger partial charge in [-0.2, -0.15) is 0 Å². The van der Waals surface area contributed by atoms with Gasteiger partial charge in [0.15, 0.2) is 5.96 Å². The van der Waals surface area contributed by atoms with Crippen LogP contribution in [0.15, 0.2) is 29.3 Å². The van der Waals surface area contributed by atoms with Crippen molar-refractivity contribution in [2.45, 2.75) is 32.4 Å². The molecule has 1 aromatic rings. The highest BCUT2D eigenvalue weighted by molar-refractivity contribution is 5.78. The molecule has 2 unspecified atom stereocenters. The second-order valence-electron chi connectivity index (χ2n) is 7.24. The first-order valence-electron chi connectivity index (χ1n) is 9.24. The van der Waals surface area contributed by atoms with Crippen molar-refractivity contribution < 1.29 is 9.47 Å². The van der Waals surface area contributed by atoms with Gasteiger partial charge in [-0.05, 0) is 12.0 Å². The minimum atomic E-state index is 0.120. The van der Waals surface area contributed by atoms with E-state index in [4.69, 9.17) is 15.2 Å². The second kappa shape index (κ2) is 8.54. The summed E-state index contributed by atoms with van der Waals surface area (Å²) in [5.74, 6) is 2.08. The first-order chi connectivity index (χ1) is 12.1. The molecule has 2 aliphatic heterocycles. The Kier molecular flexibility index (Phi) is 6.15. The molecule has 0 saturated carbocycles. The molecule has 0 aromatic heterocycles. The molecule has 0 radical (unpaired) electrons. The summed E-state index contributed by atoms with van der Waals surface area (Å²) in [6, 6.07) is 8.23. The summed E-state index contributed by atoms with van der Waals surface area (Å²) in [6.07, 6.45) is 1.00. The number of hydrogen-bond donors (Lipinski definition) is 2. The van der Waals surface area contributed by atoms with Gasteiger partial charge in [-0.15, -0.1) is 0 Å². The van der Waals surface area contributed by atoms with Gasteiger partial charge < -0.3 is 20.5 Å². The van der Waals surface area contributed by atoms with Crippen molar-refractivity contribution in [3.05, 3.63) is 29.8 Å². The molecule has 1 aromatic carbocycles. The predicted molar refractivity (Wildman–Crippen MR) is 99.9 cm³/mol. The van der Waals surface area contributed by atoms with E-state index in [2.05, 4.69) is 35.1 Å². The van der Waals surface area contributed by atoms with Crippen LogP contribution in [0.3, 0.4) is 0 Å². The third-order valence-electron chi connectivity index (χ3n) is 4.59. The third kappa shape index (κ3) is 5.09. The number of nitrogens with zero attached hydrogens (tertiary/aromatic N) is 2. The van der Waals surface area contributed by atoms with E-state index in [-0.39, 0.29) is 12.1 Å². The summed E-state index contributed by atoms with van der Waals surface area (Å²) in [5, 5.41) is 3.34. The van der Waals surface area contributed by atoms with Crippen LogP contribution in [0, 0.1) is 5.92 Å². The lowest BCUT2D eigenvalue weighted by Gasteiger charge is -2.33. The quantitative estimate of drug-likeness (QED) is 0.628. The van der Waals surface area contributed by atoms with Crippen LogP contribution in [0.5, 0.6) is 5.75 Å². The van der Waals surface area contributed by atoms with Crippen LogP contribution in [-0.2, 0) is 4.74 Å². The fourth-order valence-corrected chi connectivity index (χ4v) is 3.49. The zero-order valence-electron chi connectivity index (χ0n) is 15.3. The Labute approximate surface area is 150 Å². The van der Waals surface area contributed by atoms with Gasteiger partial charge >= 0.3 is 0 Å². The normalized spacial score (nSPS) is 24.7. The smallest absolute Gasteiger partial charge is 0.189 e. The number of rotatable bonds is 5. The molecule has 2 heterocycles. The highest BCUT2D eigenvalue weighted by atomic mass is 16.5. The molecular formula is C19H30N4O2. The highest BCUT2D eigenvalue weighted by Crippen LogP contribution is 2.31.